The third-order valence-corrected chi connectivity index (χ3v) is 5.90. The largest absolute Gasteiger partial charge is 0.489 e. The fraction of sp³-hybridized carbons (Fsp3) is 0.0833. The lowest BCUT2D eigenvalue weighted by Crippen LogP contribution is -2.05. The molecule has 146 valence electrons. The first-order valence-corrected chi connectivity index (χ1v) is 10.3. The standard InChI is InChI=1S/C24H18BrClFNO/c25-22-10-9-19(13-23(22)26)28-14-21-20-7-2-1-5-17(20)8-11-24(21)29-15-16-4-3-6-18(27)12-16/h1-13,28H,14-15H2. The first-order chi connectivity index (χ1) is 14.1. The molecule has 5 heteroatoms. The molecule has 0 saturated heterocycles. The second-order valence-electron chi connectivity index (χ2n) is 6.66. The monoisotopic (exact) mass is 469 g/mol. The number of fused-ring (bicyclic) bond motifs is 1. The summed E-state index contributed by atoms with van der Waals surface area (Å²) in [6, 6.07) is 24.4. The Labute approximate surface area is 182 Å². The van der Waals surface area contributed by atoms with Crippen LogP contribution in [0.15, 0.2) is 83.3 Å². The van der Waals surface area contributed by atoms with Gasteiger partial charge in [0.2, 0.25) is 0 Å². The quantitative estimate of drug-likeness (QED) is 0.313. The maximum Gasteiger partial charge on any atom is 0.125 e. The van der Waals surface area contributed by atoms with E-state index in [4.69, 9.17) is 16.3 Å². The molecule has 0 unspecified atom stereocenters. The van der Waals surface area contributed by atoms with Gasteiger partial charge in [-0.15, -0.1) is 0 Å². The summed E-state index contributed by atoms with van der Waals surface area (Å²) < 4.78 is 20.4. The summed E-state index contributed by atoms with van der Waals surface area (Å²) in [5.41, 5.74) is 2.75. The summed E-state index contributed by atoms with van der Waals surface area (Å²) in [6.45, 7) is 0.866. The summed E-state index contributed by atoms with van der Waals surface area (Å²) in [5.74, 6) is 0.502. The molecule has 0 fully saturated rings. The van der Waals surface area contributed by atoms with Gasteiger partial charge in [0.15, 0.2) is 0 Å². The van der Waals surface area contributed by atoms with E-state index >= 15 is 0 Å². The van der Waals surface area contributed by atoms with E-state index < -0.39 is 0 Å². The highest BCUT2D eigenvalue weighted by molar-refractivity contribution is 9.10. The molecule has 0 bridgehead atoms. The van der Waals surface area contributed by atoms with Crippen LogP contribution >= 0.6 is 27.5 Å². The zero-order valence-corrected chi connectivity index (χ0v) is 17.8. The Kier molecular flexibility index (Phi) is 6.02. The minimum absolute atomic E-state index is 0.265. The van der Waals surface area contributed by atoms with Crippen molar-refractivity contribution in [2.45, 2.75) is 13.2 Å². The van der Waals surface area contributed by atoms with Crippen LogP contribution in [-0.4, -0.2) is 0 Å². The molecule has 0 aliphatic carbocycles. The summed E-state index contributed by atoms with van der Waals surface area (Å²) in [5, 5.41) is 6.32. The van der Waals surface area contributed by atoms with Crippen molar-refractivity contribution in [1.82, 2.24) is 0 Å². The number of rotatable bonds is 6. The van der Waals surface area contributed by atoms with Crippen molar-refractivity contribution in [3.63, 3.8) is 0 Å². The Morgan fingerprint density at radius 1 is 0.931 bits per heavy atom. The molecular formula is C24H18BrClFNO. The third-order valence-electron chi connectivity index (χ3n) is 4.67. The molecule has 0 aliphatic heterocycles. The predicted molar refractivity (Wildman–Crippen MR) is 121 cm³/mol. The van der Waals surface area contributed by atoms with Crippen molar-refractivity contribution in [1.29, 1.82) is 0 Å². The average molecular weight is 471 g/mol. The fourth-order valence-corrected chi connectivity index (χ4v) is 3.65. The minimum atomic E-state index is -0.265. The van der Waals surface area contributed by atoms with Crippen LogP contribution < -0.4 is 10.1 Å². The van der Waals surface area contributed by atoms with Gasteiger partial charge in [-0.2, -0.15) is 0 Å². The van der Waals surface area contributed by atoms with Crippen LogP contribution in [0.4, 0.5) is 10.1 Å². The van der Waals surface area contributed by atoms with Crippen LogP contribution in [0.3, 0.4) is 0 Å². The van der Waals surface area contributed by atoms with Gasteiger partial charge in [0.05, 0.1) is 5.02 Å². The molecular weight excluding hydrogens is 453 g/mol. The first-order valence-electron chi connectivity index (χ1n) is 9.17. The van der Waals surface area contributed by atoms with Gasteiger partial charge in [-0.3, -0.25) is 0 Å². The number of ether oxygens (including phenoxy) is 1. The molecule has 0 saturated carbocycles. The van der Waals surface area contributed by atoms with Gasteiger partial charge in [0.25, 0.3) is 0 Å². The normalized spacial score (nSPS) is 10.9. The molecule has 0 spiro atoms. The number of hydrogen-bond acceptors (Lipinski definition) is 2. The SMILES string of the molecule is Fc1cccc(COc2ccc3ccccc3c2CNc2ccc(Br)c(Cl)c2)c1. The van der Waals surface area contributed by atoms with E-state index in [-0.39, 0.29) is 5.82 Å². The van der Waals surface area contributed by atoms with Crippen LogP contribution in [0.25, 0.3) is 10.8 Å². The molecule has 4 aromatic rings. The number of benzene rings is 4. The fourth-order valence-electron chi connectivity index (χ4n) is 3.22. The van der Waals surface area contributed by atoms with E-state index in [1.54, 1.807) is 6.07 Å². The molecule has 29 heavy (non-hydrogen) atoms. The topological polar surface area (TPSA) is 21.3 Å². The van der Waals surface area contributed by atoms with E-state index in [2.05, 4.69) is 33.4 Å². The Hall–Kier alpha value is -2.56. The molecule has 0 aromatic heterocycles. The molecule has 0 aliphatic rings. The number of halogens is 3. The maximum absolute atomic E-state index is 13.5. The van der Waals surface area contributed by atoms with E-state index in [1.165, 1.54) is 12.1 Å². The lowest BCUT2D eigenvalue weighted by Gasteiger charge is -2.16. The Bertz CT molecular complexity index is 1160. The Morgan fingerprint density at radius 2 is 1.79 bits per heavy atom. The van der Waals surface area contributed by atoms with Crippen molar-refractivity contribution in [3.05, 3.63) is 105 Å². The summed E-state index contributed by atoms with van der Waals surface area (Å²) in [7, 11) is 0. The highest BCUT2D eigenvalue weighted by Crippen LogP contribution is 2.31. The van der Waals surface area contributed by atoms with E-state index in [9.17, 15) is 4.39 Å². The smallest absolute Gasteiger partial charge is 0.125 e. The van der Waals surface area contributed by atoms with Crippen molar-refractivity contribution < 1.29 is 9.13 Å². The van der Waals surface area contributed by atoms with Crippen molar-refractivity contribution in [3.8, 4) is 5.75 Å². The predicted octanol–water partition coefficient (Wildman–Crippen LogP) is 7.59. The zero-order valence-electron chi connectivity index (χ0n) is 15.5. The van der Waals surface area contributed by atoms with E-state index in [0.29, 0.717) is 18.2 Å². The molecule has 0 atom stereocenters. The lowest BCUT2D eigenvalue weighted by atomic mass is 10.0. The number of hydrogen-bond donors (Lipinski definition) is 1. The van der Waals surface area contributed by atoms with Gasteiger partial charge in [-0.25, -0.2) is 4.39 Å². The first kappa shape index (κ1) is 19.7. The second-order valence-corrected chi connectivity index (χ2v) is 7.93. The molecule has 2 nitrogen and oxygen atoms in total. The molecule has 1 N–H and O–H groups in total. The minimum Gasteiger partial charge on any atom is -0.489 e. The number of anilines is 1. The average Bonchev–Trinajstić information content (AvgIpc) is 2.73. The highest BCUT2D eigenvalue weighted by Gasteiger charge is 2.10. The van der Waals surface area contributed by atoms with Gasteiger partial charge in [-0.05, 0) is 68.7 Å². The summed E-state index contributed by atoms with van der Waals surface area (Å²) in [6.07, 6.45) is 0. The van der Waals surface area contributed by atoms with Gasteiger partial charge in [0, 0.05) is 22.3 Å². The second kappa shape index (κ2) is 8.85. The van der Waals surface area contributed by atoms with Crippen molar-refractivity contribution in [2.75, 3.05) is 5.32 Å². The molecule has 4 aromatic carbocycles. The maximum atomic E-state index is 13.5. The zero-order chi connectivity index (χ0) is 20.2. The summed E-state index contributed by atoms with van der Waals surface area (Å²) >= 11 is 9.62. The van der Waals surface area contributed by atoms with Crippen LogP contribution in [0.2, 0.25) is 5.02 Å². The van der Waals surface area contributed by atoms with Crippen LogP contribution in [0.5, 0.6) is 5.75 Å². The van der Waals surface area contributed by atoms with Gasteiger partial charge >= 0.3 is 0 Å². The van der Waals surface area contributed by atoms with Gasteiger partial charge in [0.1, 0.15) is 18.2 Å². The molecule has 4 rings (SSSR count). The van der Waals surface area contributed by atoms with E-state index in [0.717, 1.165) is 37.8 Å². The van der Waals surface area contributed by atoms with Crippen LogP contribution in [0.1, 0.15) is 11.1 Å². The van der Waals surface area contributed by atoms with Crippen LogP contribution in [0, 0.1) is 5.82 Å². The van der Waals surface area contributed by atoms with Gasteiger partial charge < -0.3 is 10.1 Å². The van der Waals surface area contributed by atoms with E-state index in [1.807, 2.05) is 48.5 Å². The molecule has 0 amide bonds. The third kappa shape index (κ3) is 4.72. The van der Waals surface area contributed by atoms with Crippen LogP contribution in [-0.2, 0) is 13.2 Å². The van der Waals surface area contributed by atoms with Crippen molar-refractivity contribution >= 4 is 44.0 Å². The molecule has 0 heterocycles. The molecule has 0 radical (unpaired) electrons. The summed E-state index contributed by atoms with van der Waals surface area (Å²) in [4.78, 5) is 0. The van der Waals surface area contributed by atoms with Crippen molar-refractivity contribution in [2.24, 2.45) is 0 Å². The highest BCUT2D eigenvalue weighted by atomic mass is 79.9. The Balaban J connectivity index is 1.62. The number of nitrogens with one attached hydrogen (secondary N) is 1. The van der Waals surface area contributed by atoms with Gasteiger partial charge in [-0.1, -0.05) is 54.1 Å². The lowest BCUT2D eigenvalue weighted by molar-refractivity contribution is 0.303. The Morgan fingerprint density at radius 3 is 2.62 bits per heavy atom.